The Labute approximate surface area is 175 Å². The molecule has 3 nitrogen and oxygen atoms in total. The largest absolute Gasteiger partial charge is 0.338 e. The number of rotatable bonds is 17. The average molecular weight is 393 g/mol. The lowest BCUT2D eigenvalue weighted by molar-refractivity contribution is 0.175. The van der Waals surface area contributed by atoms with Gasteiger partial charge in [0, 0.05) is 12.1 Å². The van der Waals surface area contributed by atoms with Gasteiger partial charge < -0.3 is 10.6 Å². The molecule has 0 heterocycles. The Bertz CT molecular complexity index is 417. The van der Waals surface area contributed by atoms with E-state index in [0.717, 1.165) is 24.8 Å². The maximum Gasteiger partial charge on any atom is 0.315 e. The zero-order valence-electron chi connectivity index (χ0n) is 19.0. The van der Waals surface area contributed by atoms with E-state index in [2.05, 4.69) is 24.5 Å². The molecule has 2 N–H and O–H groups in total. The lowest BCUT2D eigenvalue weighted by atomic mass is 9.76. The van der Waals surface area contributed by atoms with Crippen molar-refractivity contribution >= 4 is 6.03 Å². The normalized spacial score (nSPS) is 25.5. The summed E-state index contributed by atoms with van der Waals surface area (Å²) in [5.74, 6) is 1.74. The molecule has 3 saturated carbocycles. The second-order valence-corrected chi connectivity index (χ2v) is 9.80. The fourth-order valence-electron chi connectivity index (χ4n) is 5.55. The fraction of sp³-hybridized carbons (Fsp3) is 0.960. The van der Waals surface area contributed by atoms with Crippen molar-refractivity contribution in [1.82, 2.24) is 10.6 Å². The van der Waals surface area contributed by atoms with Crippen LogP contribution in [0.25, 0.3) is 0 Å². The van der Waals surface area contributed by atoms with Crippen LogP contribution in [0.5, 0.6) is 0 Å². The molecule has 3 aliphatic rings. The van der Waals surface area contributed by atoms with Gasteiger partial charge in [-0.15, -0.1) is 0 Å². The van der Waals surface area contributed by atoms with Crippen LogP contribution in [-0.2, 0) is 0 Å². The Morgan fingerprint density at radius 2 is 1.25 bits per heavy atom. The minimum Gasteiger partial charge on any atom is -0.338 e. The summed E-state index contributed by atoms with van der Waals surface area (Å²) in [5.41, 5.74) is 0.158. The van der Waals surface area contributed by atoms with Crippen LogP contribution >= 0.6 is 0 Å². The maximum absolute atomic E-state index is 12.1. The number of hydrogen-bond donors (Lipinski definition) is 2. The van der Waals surface area contributed by atoms with Crippen molar-refractivity contribution in [1.29, 1.82) is 0 Å². The highest BCUT2D eigenvalue weighted by Gasteiger charge is 2.55. The van der Waals surface area contributed by atoms with Crippen molar-refractivity contribution in [2.45, 2.75) is 135 Å². The van der Waals surface area contributed by atoms with Gasteiger partial charge in [-0.05, 0) is 37.5 Å². The molecule has 1 atom stereocenters. The molecule has 2 amide bonds. The summed E-state index contributed by atoms with van der Waals surface area (Å²) in [7, 11) is 0. The van der Waals surface area contributed by atoms with Gasteiger partial charge in [-0.25, -0.2) is 4.79 Å². The van der Waals surface area contributed by atoms with Gasteiger partial charge in [0.25, 0.3) is 0 Å². The molecule has 0 spiro atoms. The maximum atomic E-state index is 12.1. The molecule has 2 bridgehead atoms. The molecule has 3 fully saturated rings. The SMILES string of the molecule is CCCCCCCCCCCCCCCCNC(=O)NC12CC(CC)C(C1)C2. The third-order valence-electron chi connectivity index (χ3n) is 7.34. The van der Waals surface area contributed by atoms with Crippen molar-refractivity contribution in [2.75, 3.05) is 6.54 Å². The topological polar surface area (TPSA) is 41.1 Å². The van der Waals surface area contributed by atoms with Crippen LogP contribution in [0.3, 0.4) is 0 Å². The van der Waals surface area contributed by atoms with E-state index in [1.807, 2.05) is 0 Å². The number of fused-ring (bicyclic) bond motifs is 1. The van der Waals surface area contributed by atoms with Crippen LogP contribution in [0.2, 0.25) is 0 Å². The Kier molecular flexibility index (Phi) is 11.3. The summed E-state index contributed by atoms with van der Waals surface area (Å²) in [6.45, 7) is 5.41. The molecule has 0 aromatic rings. The van der Waals surface area contributed by atoms with Gasteiger partial charge in [0.05, 0.1) is 0 Å². The Morgan fingerprint density at radius 1 is 0.750 bits per heavy atom. The smallest absolute Gasteiger partial charge is 0.315 e. The van der Waals surface area contributed by atoms with E-state index in [9.17, 15) is 4.79 Å². The Morgan fingerprint density at radius 3 is 1.71 bits per heavy atom. The fourth-order valence-corrected chi connectivity index (χ4v) is 5.55. The first kappa shape index (κ1) is 23.5. The minimum absolute atomic E-state index is 0.0740. The second kappa shape index (κ2) is 13.5. The molecule has 0 radical (unpaired) electrons. The van der Waals surface area contributed by atoms with Crippen LogP contribution in [0.1, 0.15) is 129 Å². The second-order valence-electron chi connectivity index (χ2n) is 9.80. The molecule has 1 unspecified atom stereocenters. The lowest BCUT2D eigenvalue weighted by Gasteiger charge is -2.39. The van der Waals surface area contributed by atoms with Gasteiger partial charge in [0.15, 0.2) is 0 Å². The first-order chi connectivity index (χ1) is 13.7. The van der Waals surface area contributed by atoms with Crippen molar-refractivity contribution in [3.8, 4) is 0 Å². The molecule has 3 aliphatic carbocycles. The number of unbranched alkanes of at least 4 members (excludes halogenated alkanes) is 13. The highest BCUT2D eigenvalue weighted by Crippen LogP contribution is 2.56. The molecule has 0 aliphatic heterocycles. The summed E-state index contributed by atoms with van der Waals surface area (Å²) in [6.07, 6.45) is 24.2. The van der Waals surface area contributed by atoms with Crippen molar-refractivity contribution in [3.05, 3.63) is 0 Å². The highest BCUT2D eigenvalue weighted by atomic mass is 16.2. The molecule has 164 valence electrons. The number of amides is 2. The van der Waals surface area contributed by atoms with Crippen LogP contribution in [-0.4, -0.2) is 18.1 Å². The number of urea groups is 1. The summed E-state index contributed by atoms with van der Waals surface area (Å²) in [6, 6.07) is 0.0740. The molecular formula is C25H48N2O. The number of carbonyl (C=O) groups excluding carboxylic acids is 1. The number of carbonyl (C=O) groups is 1. The minimum atomic E-state index is 0.0740. The monoisotopic (exact) mass is 392 g/mol. The summed E-state index contributed by atoms with van der Waals surface area (Å²) < 4.78 is 0. The first-order valence-corrected chi connectivity index (χ1v) is 12.7. The van der Waals surface area contributed by atoms with Crippen LogP contribution in [0.15, 0.2) is 0 Å². The van der Waals surface area contributed by atoms with E-state index in [0.29, 0.717) is 0 Å². The van der Waals surface area contributed by atoms with Gasteiger partial charge in [0.1, 0.15) is 0 Å². The summed E-state index contributed by atoms with van der Waals surface area (Å²) >= 11 is 0. The molecule has 0 aromatic heterocycles. The van der Waals surface area contributed by atoms with Crippen molar-refractivity contribution in [2.24, 2.45) is 11.8 Å². The van der Waals surface area contributed by atoms with E-state index in [4.69, 9.17) is 0 Å². The van der Waals surface area contributed by atoms with Gasteiger partial charge in [-0.1, -0.05) is 104 Å². The zero-order chi connectivity index (χ0) is 20.1. The van der Waals surface area contributed by atoms with Crippen molar-refractivity contribution < 1.29 is 4.79 Å². The van der Waals surface area contributed by atoms with E-state index in [1.54, 1.807) is 0 Å². The molecule has 28 heavy (non-hydrogen) atoms. The quantitative estimate of drug-likeness (QED) is 0.250. The van der Waals surface area contributed by atoms with Gasteiger partial charge in [-0.2, -0.15) is 0 Å². The van der Waals surface area contributed by atoms with Gasteiger partial charge in [-0.3, -0.25) is 0 Å². The Balaban J connectivity index is 1.30. The van der Waals surface area contributed by atoms with E-state index in [1.165, 1.54) is 109 Å². The van der Waals surface area contributed by atoms with E-state index >= 15 is 0 Å². The van der Waals surface area contributed by atoms with Crippen LogP contribution in [0, 0.1) is 11.8 Å². The predicted octanol–water partition coefficient (Wildman–Crippen LogP) is 7.35. The van der Waals surface area contributed by atoms with Gasteiger partial charge >= 0.3 is 6.03 Å². The number of hydrogen-bond acceptors (Lipinski definition) is 1. The summed E-state index contributed by atoms with van der Waals surface area (Å²) in [5, 5.41) is 6.37. The highest BCUT2D eigenvalue weighted by molar-refractivity contribution is 5.75. The molecule has 0 saturated heterocycles. The third kappa shape index (κ3) is 8.33. The van der Waals surface area contributed by atoms with Gasteiger partial charge in [0.2, 0.25) is 0 Å². The molecule has 3 heteroatoms. The molecule has 0 aromatic carbocycles. The first-order valence-electron chi connectivity index (χ1n) is 12.7. The van der Waals surface area contributed by atoms with E-state index in [-0.39, 0.29) is 11.6 Å². The average Bonchev–Trinajstić information content (AvgIpc) is 3.19. The molecule has 3 rings (SSSR count). The van der Waals surface area contributed by atoms with Crippen LogP contribution < -0.4 is 10.6 Å². The zero-order valence-corrected chi connectivity index (χ0v) is 19.0. The Hall–Kier alpha value is -0.730. The molecular weight excluding hydrogens is 344 g/mol. The number of nitrogens with one attached hydrogen (secondary N) is 2. The predicted molar refractivity (Wildman–Crippen MR) is 121 cm³/mol. The van der Waals surface area contributed by atoms with Crippen molar-refractivity contribution in [3.63, 3.8) is 0 Å². The standard InChI is InChI=1S/C25H48N2O/c1-3-5-6-7-8-9-10-11-12-13-14-15-16-17-18-26-24(28)27-25-19-22(4-2)23(20-25)21-25/h22-23H,3-21H2,1-2H3,(H2,26,27,28). The summed E-state index contributed by atoms with van der Waals surface area (Å²) in [4.78, 5) is 12.1. The third-order valence-corrected chi connectivity index (χ3v) is 7.34. The lowest BCUT2D eigenvalue weighted by Crippen LogP contribution is -2.54. The van der Waals surface area contributed by atoms with Crippen LogP contribution in [0.4, 0.5) is 4.79 Å². The van der Waals surface area contributed by atoms with E-state index < -0.39 is 0 Å².